The summed E-state index contributed by atoms with van der Waals surface area (Å²) < 4.78 is 27.1. The zero-order valence-electron chi connectivity index (χ0n) is 12.1. The molecule has 0 amide bonds. The maximum atomic E-state index is 12.8. The predicted octanol–water partition coefficient (Wildman–Crippen LogP) is 0.685. The van der Waals surface area contributed by atoms with Crippen LogP contribution in [0.3, 0.4) is 0 Å². The lowest BCUT2D eigenvalue weighted by molar-refractivity contribution is -0.136. The van der Waals surface area contributed by atoms with Gasteiger partial charge in [-0.2, -0.15) is 4.31 Å². The highest BCUT2D eigenvalue weighted by Gasteiger charge is 2.35. The molecule has 2 N–H and O–H groups in total. The van der Waals surface area contributed by atoms with E-state index >= 15 is 0 Å². The molecule has 0 bridgehead atoms. The number of carbonyl (C=O) groups is 1. The summed E-state index contributed by atoms with van der Waals surface area (Å²) in [4.78, 5) is 10.9. The highest BCUT2D eigenvalue weighted by Crippen LogP contribution is 2.23. The van der Waals surface area contributed by atoms with Crippen molar-refractivity contribution in [3.05, 3.63) is 29.8 Å². The first-order valence-corrected chi connectivity index (χ1v) is 8.31. The summed E-state index contributed by atoms with van der Waals surface area (Å²) in [6.45, 7) is 4.94. The number of benzene rings is 1. The van der Waals surface area contributed by atoms with Crippen LogP contribution in [0.4, 0.5) is 0 Å². The molecule has 1 aliphatic heterocycles. The van der Waals surface area contributed by atoms with E-state index in [0.717, 1.165) is 0 Å². The summed E-state index contributed by atoms with van der Waals surface area (Å²) in [6, 6.07) is 5.90. The minimum Gasteiger partial charge on any atom is -0.481 e. The number of hydrogen-bond acceptors (Lipinski definition) is 4. The number of nitrogens with zero attached hydrogens (tertiary/aromatic N) is 1. The van der Waals surface area contributed by atoms with Crippen LogP contribution in [0.25, 0.3) is 0 Å². The van der Waals surface area contributed by atoms with E-state index < -0.39 is 16.0 Å². The van der Waals surface area contributed by atoms with E-state index in [1.54, 1.807) is 12.1 Å². The lowest BCUT2D eigenvalue weighted by Gasteiger charge is -2.38. The highest BCUT2D eigenvalue weighted by molar-refractivity contribution is 7.89. The first-order chi connectivity index (χ1) is 9.82. The number of nitrogens with one attached hydrogen (secondary N) is 1. The summed E-state index contributed by atoms with van der Waals surface area (Å²) >= 11 is 0. The van der Waals surface area contributed by atoms with Crippen molar-refractivity contribution in [3.8, 4) is 0 Å². The van der Waals surface area contributed by atoms with Gasteiger partial charge in [-0.25, -0.2) is 8.42 Å². The lowest BCUT2D eigenvalue weighted by Crippen LogP contribution is -2.57. The van der Waals surface area contributed by atoms with Crippen molar-refractivity contribution < 1.29 is 18.3 Å². The van der Waals surface area contributed by atoms with Gasteiger partial charge in [0, 0.05) is 25.2 Å². The molecule has 1 heterocycles. The molecular formula is C14H20N2O4S. The van der Waals surface area contributed by atoms with Gasteiger partial charge in [0.05, 0.1) is 11.3 Å². The molecule has 21 heavy (non-hydrogen) atoms. The molecule has 1 saturated heterocycles. The lowest BCUT2D eigenvalue weighted by atomic mass is 10.2. The van der Waals surface area contributed by atoms with Gasteiger partial charge in [0.1, 0.15) is 0 Å². The van der Waals surface area contributed by atoms with E-state index in [4.69, 9.17) is 5.11 Å². The van der Waals surface area contributed by atoms with Gasteiger partial charge < -0.3 is 10.4 Å². The van der Waals surface area contributed by atoms with E-state index in [-0.39, 0.29) is 23.4 Å². The van der Waals surface area contributed by atoms with Crippen LogP contribution >= 0.6 is 0 Å². The molecule has 0 spiro atoms. The molecule has 1 aromatic rings. The molecule has 116 valence electrons. The van der Waals surface area contributed by atoms with Gasteiger partial charge in [0.15, 0.2) is 0 Å². The van der Waals surface area contributed by atoms with E-state index in [2.05, 4.69) is 5.32 Å². The van der Waals surface area contributed by atoms with Crippen molar-refractivity contribution in [2.45, 2.75) is 37.2 Å². The van der Waals surface area contributed by atoms with Crippen molar-refractivity contribution in [3.63, 3.8) is 0 Å². The Labute approximate surface area is 124 Å². The first kappa shape index (κ1) is 15.9. The highest BCUT2D eigenvalue weighted by atomic mass is 32.2. The number of aliphatic carboxylic acids is 1. The maximum absolute atomic E-state index is 12.8. The number of hydrogen-bond donors (Lipinski definition) is 2. The van der Waals surface area contributed by atoms with Crippen LogP contribution in [0, 0.1) is 0 Å². The van der Waals surface area contributed by atoms with Crippen molar-refractivity contribution in [1.29, 1.82) is 0 Å². The molecule has 0 aliphatic carbocycles. The molecule has 1 aliphatic rings. The van der Waals surface area contributed by atoms with Gasteiger partial charge in [-0.05, 0) is 31.5 Å². The molecule has 7 heteroatoms. The molecule has 2 rings (SSSR count). The third-order valence-electron chi connectivity index (χ3n) is 3.58. The van der Waals surface area contributed by atoms with Crippen LogP contribution in [0.1, 0.15) is 19.4 Å². The Balaban J connectivity index is 2.36. The second-order valence-electron chi connectivity index (χ2n) is 5.41. The van der Waals surface area contributed by atoms with E-state index in [9.17, 15) is 13.2 Å². The summed E-state index contributed by atoms with van der Waals surface area (Å²) in [6.07, 6.45) is -0.185. The Morgan fingerprint density at radius 1 is 1.33 bits per heavy atom. The van der Waals surface area contributed by atoms with Crippen molar-refractivity contribution in [2.24, 2.45) is 0 Å². The van der Waals surface area contributed by atoms with Crippen LogP contribution in [0.15, 0.2) is 29.2 Å². The average Bonchev–Trinajstić information content (AvgIpc) is 2.37. The quantitative estimate of drug-likeness (QED) is 0.854. The Morgan fingerprint density at radius 2 is 1.95 bits per heavy atom. The smallest absolute Gasteiger partial charge is 0.307 e. The minimum absolute atomic E-state index is 0.137. The molecule has 0 radical (unpaired) electrons. The molecule has 6 nitrogen and oxygen atoms in total. The number of rotatable bonds is 4. The minimum atomic E-state index is -3.62. The zero-order valence-corrected chi connectivity index (χ0v) is 12.9. The third kappa shape index (κ3) is 3.42. The molecular weight excluding hydrogens is 292 g/mol. The Hall–Kier alpha value is -1.44. The first-order valence-electron chi connectivity index (χ1n) is 6.87. The fourth-order valence-electron chi connectivity index (χ4n) is 2.70. The Bertz CT molecular complexity index is 620. The second kappa shape index (κ2) is 6.13. The topological polar surface area (TPSA) is 86.7 Å². The van der Waals surface area contributed by atoms with Crippen molar-refractivity contribution >= 4 is 16.0 Å². The van der Waals surface area contributed by atoms with Gasteiger partial charge >= 0.3 is 5.97 Å². The van der Waals surface area contributed by atoms with Crippen LogP contribution in [-0.2, 0) is 21.2 Å². The van der Waals surface area contributed by atoms with E-state index in [0.29, 0.717) is 18.7 Å². The summed E-state index contributed by atoms with van der Waals surface area (Å²) in [5.74, 6) is -0.978. The molecule has 1 aromatic carbocycles. The third-order valence-corrected chi connectivity index (χ3v) is 5.70. The van der Waals surface area contributed by atoms with Crippen LogP contribution in [-0.4, -0.2) is 49.0 Å². The number of piperazine rings is 1. The summed E-state index contributed by atoms with van der Waals surface area (Å²) in [5.41, 5.74) is 0.485. The van der Waals surface area contributed by atoms with Gasteiger partial charge in [-0.3, -0.25) is 4.79 Å². The molecule has 2 atom stereocenters. The normalized spacial score (nSPS) is 23.9. The summed E-state index contributed by atoms with van der Waals surface area (Å²) in [7, 11) is -3.62. The van der Waals surface area contributed by atoms with Gasteiger partial charge in [-0.15, -0.1) is 0 Å². The second-order valence-corrected chi connectivity index (χ2v) is 7.25. The monoisotopic (exact) mass is 312 g/mol. The van der Waals surface area contributed by atoms with Crippen LogP contribution in [0.2, 0.25) is 0 Å². The molecule has 2 unspecified atom stereocenters. The van der Waals surface area contributed by atoms with E-state index in [1.807, 2.05) is 13.8 Å². The fourth-order valence-corrected chi connectivity index (χ4v) is 4.59. The maximum Gasteiger partial charge on any atom is 0.307 e. The molecule has 0 saturated carbocycles. The summed E-state index contributed by atoms with van der Waals surface area (Å²) in [5, 5.41) is 12.0. The zero-order chi connectivity index (χ0) is 15.6. The van der Waals surface area contributed by atoms with Gasteiger partial charge in [0.2, 0.25) is 10.0 Å². The van der Waals surface area contributed by atoms with Gasteiger partial charge in [0.25, 0.3) is 0 Å². The largest absolute Gasteiger partial charge is 0.481 e. The Kier molecular flexibility index (Phi) is 4.65. The molecule has 0 aromatic heterocycles. The van der Waals surface area contributed by atoms with E-state index in [1.165, 1.54) is 16.4 Å². The number of sulfonamides is 1. The fraction of sp³-hybridized carbons (Fsp3) is 0.500. The van der Waals surface area contributed by atoms with Crippen LogP contribution in [0.5, 0.6) is 0 Å². The Morgan fingerprint density at radius 3 is 2.52 bits per heavy atom. The van der Waals surface area contributed by atoms with Crippen molar-refractivity contribution in [1.82, 2.24) is 9.62 Å². The SMILES string of the molecule is CC1CNCC(C)N1S(=O)(=O)c1cccc(CC(=O)O)c1. The standard InChI is InChI=1S/C14H20N2O4S/c1-10-8-15-9-11(2)16(10)21(19,20)13-5-3-4-12(6-13)7-14(17)18/h3-6,10-11,15H,7-9H2,1-2H3,(H,17,18). The predicted molar refractivity (Wildman–Crippen MR) is 78.6 cm³/mol. The average molecular weight is 312 g/mol. The number of carboxylic acid groups (broad SMARTS) is 1. The van der Waals surface area contributed by atoms with Crippen molar-refractivity contribution in [2.75, 3.05) is 13.1 Å². The molecule has 1 fully saturated rings. The van der Waals surface area contributed by atoms with Gasteiger partial charge in [-0.1, -0.05) is 12.1 Å². The van der Waals surface area contributed by atoms with Crippen LogP contribution < -0.4 is 5.32 Å². The number of carboxylic acids is 1.